The van der Waals surface area contributed by atoms with Gasteiger partial charge in [-0.05, 0) is 25.1 Å². The molecule has 4 heteroatoms. The molecule has 0 unspecified atom stereocenters. The summed E-state index contributed by atoms with van der Waals surface area (Å²) in [6, 6.07) is 9.22. The maximum absolute atomic E-state index is 9.78. The van der Waals surface area contributed by atoms with Gasteiger partial charge in [0.05, 0.1) is 0 Å². The summed E-state index contributed by atoms with van der Waals surface area (Å²) in [7, 11) is 0. The quantitative estimate of drug-likeness (QED) is 0.692. The first kappa shape index (κ1) is 9.84. The van der Waals surface area contributed by atoms with Gasteiger partial charge in [0, 0.05) is 17.8 Å². The van der Waals surface area contributed by atoms with Crippen LogP contribution in [0, 0.1) is 6.92 Å². The molecule has 0 aliphatic carbocycles. The molecule has 3 aromatic rings. The Morgan fingerprint density at radius 2 is 2.06 bits per heavy atom. The Morgan fingerprint density at radius 1 is 1.18 bits per heavy atom. The van der Waals surface area contributed by atoms with Gasteiger partial charge >= 0.3 is 0 Å². The van der Waals surface area contributed by atoms with E-state index in [0.29, 0.717) is 5.52 Å². The number of aromatic nitrogens is 3. The fourth-order valence-corrected chi connectivity index (χ4v) is 1.88. The molecule has 0 spiro atoms. The molecule has 0 aliphatic rings. The lowest BCUT2D eigenvalue weighted by atomic mass is 10.2. The van der Waals surface area contributed by atoms with E-state index >= 15 is 0 Å². The van der Waals surface area contributed by atoms with E-state index in [1.54, 1.807) is 12.3 Å². The van der Waals surface area contributed by atoms with Crippen molar-refractivity contribution in [3.05, 3.63) is 48.5 Å². The van der Waals surface area contributed by atoms with E-state index in [1.165, 1.54) is 0 Å². The molecule has 0 aliphatic heterocycles. The number of phenolic OH excluding ortho intramolecular Hbond substituents is 1. The summed E-state index contributed by atoms with van der Waals surface area (Å²) in [6.07, 6.45) is 3.58. The first-order valence-corrected chi connectivity index (χ1v) is 5.35. The summed E-state index contributed by atoms with van der Waals surface area (Å²) in [6.45, 7) is 1.91. The van der Waals surface area contributed by atoms with Crippen LogP contribution < -0.4 is 0 Å². The lowest BCUT2D eigenvalue weighted by Crippen LogP contribution is -1.98. The third-order valence-corrected chi connectivity index (χ3v) is 2.76. The van der Waals surface area contributed by atoms with Crippen molar-refractivity contribution in [3.8, 4) is 11.6 Å². The smallest absolute Gasteiger partial charge is 0.141 e. The van der Waals surface area contributed by atoms with Gasteiger partial charge < -0.3 is 5.11 Å². The van der Waals surface area contributed by atoms with Crippen LogP contribution in [-0.4, -0.2) is 19.6 Å². The number of fused-ring (bicyclic) bond motifs is 1. The van der Waals surface area contributed by atoms with Crippen LogP contribution in [0.5, 0.6) is 5.75 Å². The monoisotopic (exact) mass is 225 g/mol. The summed E-state index contributed by atoms with van der Waals surface area (Å²) >= 11 is 0. The molecule has 84 valence electrons. The van der Waals surface area contributed by atoms with Gasteiger partial charge in [-0.2, -0.15) is 0 Å². The Morgan fingerprint density at radius 3 is 2.82 bits per heavy atom. The molecule has 0 bridgehead atoms. The van der Waals surface area contributed by atoms with Crippen LogP contribution >= 0.6 is 0 Å². The van der Waals surface area contributed by atoms with Crippen LogP contribution in [0.2, 0.25) is 0 Å². The largest absolute Gasteiger partial charge is 0.506 e. The molecule has 2 aromatic heterocycles. The molecule has 3 rings (SSSR count). The highest BCUT2D eigenvalue weighted by molar-refractivity contribution is 5.84. The number of nitrogens with zero attached hydrogens (tertiary/aromatic N) is 3. The van der Waals surface area contributed by atoms with E-state index < -0.39 is 0 Å². The highest BCUT2D eigenvalue weighted by Crippen LogP contribution is 2.23. The van der Waals surface area contributed by atoms with E-state index in [9.17, 15) is 5.11 Å². The van der Waals surface area contributed by atoms with Gasteiger partial charge in [-0.1, -0.05) is 12.1 Å². The van der Waals surface area contributed by atoms with Crippen molar-refractivity contribution in [2.24, 2.45) is 0 Å². The topological polar surface area (TPSA) is 50.9 Å². The second-order valence-electron chi connectivity index (χ2n) is 3.86. The number of aryl methyl sites for hydroxylation is 1. The average molecular weight is 225 g/mol. The van der Waals surface area contributed by atoms with E-state index in [-0.39, 0.29) is 5.75 Å². The van der Waals surface area contributed by atoms with Gasteiger partial charge in [0.1, 0.15) is 22.9 Å². The predicted molar refractivity (Wildman–Crippen MR) is 65.3 cm³/mol. The highest BCUT2D eigenvalue weighted by atomic mass is 16.3. The van der Waals surface area contributed by atoms with Gasteiger partial charge in [-0.15, -0.1) is 0 Å². The van der Waals surface area contributed by atoms with E-state index in [4.69, 9.17) is 0 Å². The minimum Gasteiger partial charge on any atom is -0.506 e. The summed E-state index contributed by atoms with van der Waals surface area (Å²) in [5, 5.41) is 10.7. The van der Waals surface area contributed by atoms with Crippen molar-refractivity contribution in [3.63, 3.8) is 0 Å². The van der Waals surface area contributed by atoms with Gasteiger partial charge in [0.25, 0.3) is 0 Å². The molecule has 0 atom stereocenters. The third-order valence-electron chi connectivity index (χ3n) is 2.76. The zero-order valence-electron chi connectivity index (χ0n) is 9.33. The van der Waals surface area contributed by atoms with Gasteiger partial charge in [0.15, 0.2) is 0 Å². The minimum absolute atomic E-state index is 0.196. The molecular weight excluding hydrogens is 214 g/mol. The lowest BCUT2D eigenvalue weighted by Gasteiger charge is -2.06. The summed E-state index contributed by atoms with van der Waals surface area (Å²) in [4.78, 5) is 8.61. The summed E-state index contributed by atoms with van der Waals surface area (Å²) in [5.41, 5.74) is 0.609. The van der Waals surface area contributed by atoms with Crippen LogP contribution in [0.15, 0.2) is 42.7 Å². The van der Waals surface area contributed by atoms with Gasteiger partial charge in [-0.25, -0.2) is 9.97 Å². The van der Waals surface area contributed by atoms with Crippen molar-refractivity contribution in [1.82, 2.24) is 14.5 Å². The minimum atomic E-state index is 0.196. The molecule has 1 aromatic carbocycles. The van der Waals surface area contributed by atoms with Crippen LogP contribution in [0.3, 0.4) is 0 Å². The van der Waals surface area contributed by atoms with Crippen molar-refractivity contribution in [1.29, 1.82) is 0 Å². The Kier molecular flexibility index (Phi) is 2.08. The Balaban J connectivity index is 2.27. The Bertz CT molecular complexity index is 688. The van der Waals surface area contributed by atoms with E-state index in [1.807, 2.05) is 42.0 Å². The molecule has 0 radical (unpaired) electrons. The van der Waals surface area contributed by atoms with E-state index in [2.05, 4.69) is 9.97 Å². The number of benzene rings is 1. The number of pyridine rings is 1. The number of rotatable bonds is 1. The number of imidazole rings is 1. The maximum Gasteiger partial charge on any atom is 0.141 e. The number of aromatic hydroxyl groups is 1. The Labute approximate surface area is 98.2 Å². The SMILES string of the molecule is Cc1nccn1-c1ccc2cccc(O)c2n1. The van der Waals surface area contributed by atoms with E-state index in [0.717, 1.165) is 17.0 Å². The third kappa shape index (κ3) is 1.54. The molecule has 4 nitrogen and oxygen atoms in total. The molecule has 1 N–H and O–H groups in total. The number of hydrogen-bond donors (Lipinski definition) is 1. The first-order valence-electron chi connectivity index (χ1n) is 5.35. The Hall–Kier alpha value is -2.36. The fourth-order valence-electron chi connectivity index (χ4n) is 1.88. The second-order valence-corrected chi connectivity index (χ2v) is 3.86. The molecule has 0 fully saturated rings. The zero-order valence-corrected chi connectivity index (χ0v) is 9.33. The van der Waals surface area contributed by atoms with Crippen LogP contribution in [0.25, 0.3) is 16.7 Å². The molecular formula is C13H11N3O. The van der Waals surface area contributed by atoms with Crippen LogP contribution in [0.1, 0.15) is 5.82 Å². The lowest BCUT2D eigenvalue weighted by molar-refractivity contribution is 0.480. The van der Waals surface area contributed by atoms with Crippen LogP contribution in [-0.2, 0) is 0 Å². The van der Waals surface area contributed by atoms with Gasteiger partial charge in [-0.3, -0.25) is 4.57 Å². The summed E-state index contributed by atoms with van der Waals surface area (Å²) in [5.74, 6) is 1.82. The second kappa shape index (κ2) is 3.59. The molecule has 17 heavy (non-hydrogen) atoms. The normalized spacial score (nSPS) is 10.9. The molecule has 0 amide bonds. The highest BCUT2D eigenvalue weighted by Gasteiger charge is 2.05. The van der Waals surface area contributed by atoms with Crippen molar-refractivity contribution >= 4 is 10.9 Å². The first-order chi connectivity index (χ1) is 8.25. The van der Waals surface area contributed by atoms with Gasteiger partial charge in [0.2, 0.25) is 0 Å². The molecule has 0 saturated carbocycles. The molecule has 2 heterocycles. The average Bonchev–Trinajstić information content (AvgIpc) is 2.76. The van der Waals surface area contributed by atoms with Crippen molar-refractivity contribution in [2.75, 3.05) is 0 Å². The standard InChI is InChI=1S/C13H11N3O/c1-9-14-7-8-16(9)12-6-5-10-3-2-4-11(17)13(10)15-12/h2-8,17H,1H3. The predicted octanol–water partition coefficient (Wildman–Crippen LogP) is 2.43. The van der Waals surface area contributed by atoms with Crippen molar-refractivity contribution < 1.29 is 5.11 Å². The zero-order chi connectivity index (χ0) is 11.8. The van der Waals surface area contributed by atoms with Crippen molar-refractivity contribution in [2.45, 2.75) is 6.92 Å². The molecule has 0 saturated heterocycles. The van der Waals surface area contributed by atoms with Crippen LogP contribution in [0.4, 0.5) is 0 Å². The summed E-state index contributed by atoms with van der Waals surface area (Å²) < 4.78 is 1.88. The number of hydrogen-bond acceptors (Lipinski definition) is 3. The number of para-hydroxylation sites is 1. The fraction of sp³-hybridized carbons (Fsp3) is 0.0769. The maximum atomic E-state index is 9.78. The number of phenols is 1.